The summed E-state index contributed by atoms with van der Waals surface area (Å²) < 4.78 is 1.01. The first-order valence-electron chi connectivity index (χ1n) is 4.80. The van der Waals surface area contributed by atoms with Crippen molar-refractivity contribution in [1.29, 1.82) is 0 Å². The summed E-state index contributed by atoms with van der Waals surface area (Å²) in [6.45, 7) is 2.87. The van der Waals surface area contributed by atoms with Crippen LogP contribution in [0.4, 0.5) is 11.4 Å². The predicted octanol–water partition coefficient (Wildman–Crippen LogP) is 3.01. The Labute approximate surface area is 96.8 Å². The highest BCUT2D eigenvalue weighted by Gasteiger charge is 2.04. The molecular weight excluding hydrogens is 254 g/mol. The molecule has 0 radical (unpaired) electrons. The summed E-state index contributed by atoms with van der Waals surface area (Å²) in [6, 6.07) is 5.90. The summed E-state index contributed by atoms with van der Waals surface area (Å²) in [5.74, 6) is 0. The number of pyridine rings is 1. The zero-order chi connectivity index (χ0) is 10.8. The Hall–Kier alpha value is -1.29. The van der Waals surface area contributed by atoms with Crippen LogP contribution in [0.25, 0.3) is 10.9 Å². The Morgan fingerprint density at radius 1 is 1.47 bits per heavy atom. The van der Waals surface area contributed by atoms with Gasteiger partial charge in [-0.15, -0.1) is 0 Å². The molecule has 4 heteroatoms. The van der Waals surface area contributed by atoms with Gasteiger partial charge in [-0.3, -0.25) is 4.98 Å². The van der Waals surface area contributed by atoms with Gasteiger partial charge < -0.3 is 11.1 Å². The average molecular weight is 266 g/mol. The van der Waals surface area contributed by atoms with Crippen molar-refractivity contribution in [3.63, 3.8) is 0 Å². The van der Waals surface area contributed by atoms with Gasteiger partial charge in [-0.05, 0) is 25.1 Å². The molecule has 0 spiro atoms. The van der Waals surface area contributed by atoms with E-state index in [9.17, 15) is 0 Å². The van der Waals surface area contributed by atoms with Crippen LogP contribution >= 0.6 is 15.9 Å². The molecular formula is C11H12BrN3. The van der Waals surface area contributed by atoms with Crippen LogP contribution in [-0.2, 0) is 0 Å². The van der Waals surface area contributed by atoms with Crippen LogP contribution in [0.5, 0.6) is 0 Å². The molecule has 0 saturated carbocycles. The number of benzene rings is 1. The number of anilines is 2. The van der Waals surface area contributed by atoms with Crippen molar-refractivity contribution < 1.29 is 0 Å². The topological polar surface area (TPSA) is 50.9 Å². The largest absolute Gasteiger partial charge is 0.396 e. The minimum absolute atomic E-state index is 0.759. The third-order valence-electron chi connectivity index (χ3n) is 2.24. The Kier molecular flexibility index (Phi) is 2.77. The number of aromatic nitrogens is 1. The molecule has 1 aromatic carbocycles. The lowest BCUT2D eigenvalue weighted by molar-refractivity contribution is 1.20. The minimum Gasteiger partial charge on any atom is -0.396 e. The third kappa shape index (κ3) is 1.90. The maximum atomic E-state index is 6.04. The van der Waals surface area contributed by atoms with Gasteiger partial charge in [0.15, 0.2) is 0 Å². The van der Waals surface area contributed by atoms with Crippen LogP contribution in [-0.4, -0.2) is 11.5 Å². The van der Waals surface area contributed by atoms with Crippen LogP contribution < -0.4 is 11.1 Å². The zero-order valence-electron chi connectivity index (χ0n) is 8.42. The van der Waals surface area contributed by atoms with Crippen molar-refractivity contribution in [2.75, 3.05) is 17.6 Å². The SMILES string of the molecule is CCNc1cnc2cc(Br)ccc2c1N. The fourth-order valence-corrected chi connectivity index (χ4v) is 1.87. The van der Waals surface area contributed by atoms with Gasteiger partial charge in [-0.1, -0.05) is 15.9 Å². The Bertz CT molecular complexity index is 496. The summed E-state index contributed by atoms with van der Waals surface area (Å²) in [7, 11) is 0. The molecule has 3 nitrogen and oxygen atoms in total. The summed E-state index contributed by atoms with van der Waals surface area (Å²) in [4.78, 5) is 4.35. The second-order valence-electron chi connectivity index (χ2n) is 3.28. The minimum atomic E-state index is 0.759. The summed E-state index contributed by atoms with van der Waals surface area (Å²) in [6.07, 6.45) is 1.77. The van der Waals surface area contributed by atoms with Crippen molar-refractivity contribution >= 4 is 38.2 Å². The van der Waals surface area contributed by atoms with E-state index >= 15 is 0 Å². The van der Waals surface area contributed by atoms with Crippen LogP contribution in [0.1, 0.15) is 6.92 Å². The monoisotopic (exact) mass is 265 g/mol. The molecule has 0 aliphatic heterocycles. The van der Waals surface area contributed by atoms with Crippen molar-refractivity contribution in [1.82, 2.24) is 4.98 Å². The molecule has 0 bridgehead atoms. The third-order valence-corrected chi connectivity index (χ3v) is 2.73. The van der Waals surface area contributed by atoms with E-state index in [1.54, 1.807) is 6.20 Å². The molecule has 0 amide bonds. The van der Waals surface area contributed by atoms with Gasteiger partial charge in [0.25, 0.3) is 0 Å². The van der Waals surface area contributed by atoms with Gasteiger partial charge in [0, 0.05) is 16.4 Å². The van der Waals surface area contributed by atoms with Crippen LogP contribution in [0, 0.1) is 0 Å². The molecule has 2 aromatic rings. The molecule has 0 fully saturated rings. The lowest BCUT2D eigenvalue weighted by Crippen LogP contribution is -2.02. The first kappa shape index (κ1) is 10.2. The van der Waals surface area contributed by atoms with Crippen molar-refractivity contribution in [3.05, 3.63) is 28.9 Å². The molecule has 1 heterocycles. The highest BCUT2D eigenvalue weighted by Crippen LogP contribution is 2.28. The molecule has 0 saturated heterocycles. The fourth-order valence-electron chi connectivity index (χ4n) is 1.52. The Morgan fingerprint density at radius 2 is 2.27 bits per heavy atom. The van der Waals surface area contributed by atoms with E-state index in [-0.39, 0.29) is 0 Å². The van der Waals surface area contributed by atoms with Gasteiger partial charge in [0.1, 0.15) is 0 Å². The molecule has 15 heavy (non-hydrogen) atoms. The van der Waals surface area contributed by atoms with E-state index in [2.05, 4.69) is 26.2 Å². The molecule has 0 aliphatic rings. The van der Waals surface area contributed by atoms with E-state index < -0.39 is 0 Å². The first-order valence-corrected chi connectivity index (χ1v) is 5.59. The average Bonchev–Trinajstić information content (AvgIpc) is 2.22. The molecule has 78 valence electrons. The quantitative estimate of drug-likeness (QED) is 0.878. The normalized spacial score (nSPS) is 10.5. The van der Waals surface area contributed by atoms with E-state index in [4.69, 9.17) is 5.73 Å². The summed E-state index contributed by atoms with van der Waals surface area (Å²) >= 11 is 3.41. The van der Waals surface area contributed by atoms with E-state index in [1.807, 2.05) is 25.1 Å². The molecule has 0 atom stereocenters. The van der Waals surface area contributed by atoms with Crippen LogP contribution in [0.2, 0.25) is 0 Å². The first-order chi connectivity index (χ1) is 7.22. The van der Waals surface area contributed by atoms with Crippen LogP contribution in [0.15, 0.2) is 28.9 Å². The van der Waals surface area contributed by atoms with Crippen molar-refractivity contribution in [2.45, 2.75) is 6.92 Å². The van der Waals surface area contributed by atoms with Gasteiger partial charge in [0.2, 0.25) is 0 Å². The van der Waals surface area contributed by atoms with Crippen molar-refractivity contribution in [2.24, 2.45) is 0 Å². The van der Waals surface area contributed by atoms with Crippen LogP contribution in [0.3, 0.4) is 0 Å². The predicted molar refractivity (Wildman–Crippen MR) is 68.0 cm³/mol. The number of hydrogen-bond acceptors (Lipinski definition) is 3. The number of nitrogen functional groups attached to an aromatic ring is 1. The molecule has 1 aromatic heterocycles. The van der Waals surface area contributed by atoms with E-state index in [0.717, 1.165) is 33.3 Å². The Balaban J connectivity index is 2.63. The summed E-state index contributed by atoms with van der Waals surface area (Å²) in [5.41, 5.74) is 8.60. The highest BCUT2D eigenvalue weighted by atomic mass is 79.9. The molecule has 2 rings (SSSR count). The lowest BCUT2D eigenvalue weighted by atomic mass is 10.1. The molecule has 0 aliphatic carbocycles. The van der Waals surface area contributed by atoms with E-state index in [1.165, 1.54) is 0 Å². The number of rotatable bonds is 2. The molecule has 3 N–H and O–H groups in total. The fraction of sp³-hybridized carbons (Fsp3) is 0.182. The molecule has 0 unspecified atom stereocenters. The number of fused-ring (bicyclic) bond motifs is 1. The van der Waals surface area contributed by atoms with E-state index in [0.29, 0.717) is 0 Å². The van der Waals surface area contributed by atoms with Gasteiger partial charge >= 0.3 is 0 Å². The summed E-state index contributed by atoms with van der Waals surface area (Å²) in [5, 5.41) is 4.17. The number of nitrogens with one attached hydrogen (secondary N) is 1. The maximum absolute atomic E-state index is 6.04. The number of nitrogens with two attached hydrogens (primary N) is 1. The highest BCUT2D eigenvalue weighted by molar-refractivity contribution is 9.10. The van der Waals surface area contributed by atoms with Gasteiger partial charge in [-0.25, -0.2) is 0 Å². The number of hydrogen-bond donors (Lipinski definition) is 2. The smallest absolute Gasteiger partial charge is 0.0766 e. The lowest BCUT2D eigenvalue weighted by Gasteiger charge is -2.09. The zero-order valence-corrected chi connectivity index (χ0v) is 10.0. The Morgan fingerprint density at radius 3 is 3.00 bits per heavy atom. The van der Waals surface area contributed by atoms with Gasteiger partial charge in [-0.2, -0.15) is 0 Å². The van der Waals surface area contributed by atoms with Gasteiger partial charge in [0.05, 0.1) is 23.1 Å². The van der Waals surface area contributed by atoms with Crippen molar-refractivity contribution in [3.8, 4) is 0 Å². The second kappa shape index (κ2) is 4.06. The standard InChI is InChI=1S/C11H12BrN3/c1-2-14-10-6-15-9-5-7(12)3-4-8(9)11(10)13/h3-6,14H,2H2,1H3,(H2,13,15). The number of nitrogens with zero attached hydrogens (tertiary/aromatic N) is 1. The maximum Gasteiger partial charge on any atom is 0.0766 e. The second-order valence-corrected chi connectivity index (χ2v) is 4.19. The number of halogens is 1.